The summed E-state index contributed by atoms with van der Waals surface area (Å²) in [6, 6.07) is 10.2. The second-order valence-corrected chi connectivity index (χ2v) is 6.80. The van der Waals surface area contributed by atoms with Crippen LogP contribution in [0.2, 0.25) is 0 Å². The number of alkyl halides is 3. The number of nitrogens with zero attached hydrogens (tertiary/aromatic N) is 1. The van der Waals surface area contributed by atoms with Gasteiger partial charge in [0.15, 0.2) is 0 Å². The lowest BCUT2D eigenvalue weighted by Gasteiger charge is -2.20. The van der Waals surface area contributed by atoms with Crippen molar-refractivity contribution in [3.8, 4) is 0 Å². The minimum absolute atomic E-state index is 0.0838. The van der Waals surface area contributed by atoms with E-state index in [1.807, 2.05) is 6.92 Å². The van der Waals surface area contributed by atoms with Crippen LogP contribution in [0.1, 0.15) is 11.1 Å². The zero-order chi connectivity index (χ0) is 16.5. The molecule has 22 heavy (non-hydrogen) atoms. The van der Waals surface area contributed by atoms with Crippen molar-refractivity contribution in [2.45, 2.75) is 18.0 Å². The molecule has 0 saturated carbocycles. The monoisotopic (exact) mass is 329 g/mol. The van der Waals surface area contributed by atoms with Crippen molar-refractivity contribution < 1.29 is 21.6 Å². The minimum Gasteiger partial charge on any atom is -0.269 e. The first kappa shape index (κ1) is 16.4. The largest absolute Gasteiger partial charge is 0.416 e. The maximum absolute atomic E-state index is 12.5. The first-order valence-electron chi connectivity index (χ1n) is 6.35. The van der Waals surface area contributed by atoms with Crippen LogP contribution in [-0.4, -0.2) is 15.5 Å². The van der Waals surface area contributed by atoms with E-state index in [-0.39, 0.29) is 10.6 Å². The summed E-state index contributed by atoms with van der Waals surface area (Å²) in [5.41, 5.74) is 0.252. The zero-order valence-corrected chi connectivity index (χ0v) is 12.7. The molecule has 2 aromatic carbocycles. The number of halogens is 3. The van der Waals surface area contributed by atoms with Crippen molar-refractivity contribution in [3.05, 3.63) is 59.7 Å². The molecule has 0 spiro atoms. The van der Waals surface area contributed by atoms with Crippen LogP contribution in [0, 0.1) is 6.92 Å². The average Bonchev–Trinajstić information content (AvgIpc) is 2.46. The molecule has 0 aromatic heterocycles. The van der Waals surface area contributed by atoms with Crippen molar-refractivity contribution in [3.63, 3.8) is 0 Å². The van der Waals surface area contributed by atoms with Crippen LogP contribution in [0.15, 0.2) is 53.4 Å². The van der Waals surface area contributed by atoms with Crippen molar-refractivity contribution in [2.75, 3.05) is 11.4 Å². The lowest BCUT2D eigenvalue weighted by molar-refractivity contribution is -0.137. The smallest absolute Gasteiger partial charge is 0.269 e. The second-order valence-electron chi connectivity index (χ2n) is 4.83. The topological polar surface area (TPSA) is 37.4 Å². The van der Waals surface area contributed by atoms with Crippen molar-refractivity contribution in [1.82, 2.24) is 0 Å². The summed E-state index contributed by atoms with van der Waals surface area (Å²) in [5, 5.41) is 0. The van der Waals surface area contributed by atoms with E-state index in [0.29, 0.717) is 0 Å². The number of aryl methyl sites for hydroxylation is 1. The molecule has 0 atom stereocenters. The summed E-state index contributed by atoms with van der Waals surface area (Å²) in [4.78, 5) is 0.0838. The van der Waals surface area contributed by atoms with E-state index >= 15 is 0 Å². The fraction of sp³-hybridized carbons (Fsp3) is 0.200. The van der Waals surface area contributed by atoms with Gasteiger partial charge in [0.2, 0.25) is 0 Å². The van der Waals surface area contributed by atoms with Gasteiger partial charge in [-0.3, -0.25) is 4.31 Å². The molecule has 0 aliphatic carbocycles. The van der Waals surface area contributed by atoms with Crippen LogP contribution in [-0.2, 0) is 16.2 Å². The molecule has 0 unspecified atom stereocenters. The van der Waals surface area contributed by atoms with Gasteiger partial charge in [0.1, 0.15) is 0 Å². The fourth-order valence-electron chi connectivity index (χ4n) is 1.87. The van der Waals surface area contributed by atoms with Gasteiger partial charge in [-0.15, -0.1) is 0 Å². The Morgan fingerprint density at radius 2 is 1.41 bits per heavy atom. The van der Waals surface area contributed by atoms with Crippen LogP contribution in [0.4, 0.5) is 18.9 Å². The van der Waals surface area contributed by atoms with E-state index in [1.165, 1.54) is 19.2 Å². The van der Waals surface area contributed by atoms with Gasteiger partial charge in [-0.25, -0.2) is 8.42 Å². The number of anilines is 1. The van der Waals surface area contributed by atoms with Crippen molar-refractivity contribution in [2.24, 2.45) is 0 Å². The number of sulfonamides is 1. The van der Waals surface area contributed by atoms with E-state index in [2.05, 4.69) is 0 Å². The van der Waals surface area contributed by atoms with Crippen molar-refractivity contribution >= 4 is 15.7 Å². The highest BCUT2D eigenvalue weighted by Gasteiger charge is 2.30. The molecule has 0 aliphatic heterocycles. The van der Waals surface area contributed by atoms with Gasteiger partial charge < -0.3 is 0 Å². The normalized spacial score (nSPS) is 12.2. The summed E-state index contributed by atoms with van der Waals surface area (Å²) in [5.74, 6) is 0. The first-order chi connectivity index (χ1) is 10.1. The minimum atomic E-state index is -4.45. The predicted octanol–water partition coefficient (Wildman–Crippen LogP) is 3.84. The first-order valence-corrected chi connectivity index (χ1v) is 7.79. The predicted molar refractivity (Wildman–Crippen MR) is 78.2 cm³/mol. The number of hydrogen-bond donors (Lipinski definition) is 0. The van der Waals surface area contributed by atoms with Gasteiger partial charge in [-0.05, 0) is 43.3 Å². The van der Waals surface area contributed by atoms with E-state index in [1.54, 1.807) is 12.1 Å². The van der Waals surface area contributed by atoms with Gasteiger partial charge in [-0.1, -0.05) is 17.7 Å². The highest BCUT2D eigenvalue weighted by molar-refractivity contribution is 7.92. The Hall–Kier alpha value is -2.02. The lowest BCUT2D eigenvalue weighted by atomic mass is 10.2. The molecular weight excluding hydrogens is 315 g/mol. The maximum Gasteiger partial charge on any atom is 0.416 e. The van der Waals surface area contributed by atoms with Crippen molar-refractivity contribution in [1.29, 1.82) is 0 Å². The number of hydrogen-bond acceptors (Lipinski definition) is 2. The Labute approximate surface area is 127 Å². The van der Waals surface area contributed by atoms with E-state index in [4.69, 9.17) is 0 Å². The van der Waals surface area contributed by atoms with E-state index < -0.39 is 21.8 Å². The van der Waals surface area contributed by atoms with Crippen LogP contribution in [0.25, 0.3) is 0 Å². The molecule has 0 aliphatic rings. The van der Waals surface area contributed by atoms with Gasteiger partial charge in [0.05, 0.1) is 16.1 Å². The fourth-order valence-corrected chi connectivity index (χ4v) is 3.06. The molecule has 0 radical (unpaired) electrons. The highest BCUT2D eigenvalue weighted by atomic mass is 32.2. The molecule has 0 amide bonds. The molecule has 2 aromatic rings. The Bertz CT molecular complexity index is 751. The second kappa shape index (κ2) is 5.64. The van der Waals surface area contributed by atoms with Gasteiger partial charge in [0.25, 0.3) is 10.0 Å². The van der Waals surface area contributed by atoms with Crippen LogP contribution < -0.4 is 4.31 Å². The Morgan fingerprint density at radius 3 is 1.86 bits per heavy atom. The molecular formula is C15H14F3NO2S. The summed E-state index contributed by atoms with van der Waals surface area (Å²) in [6.07, 6.45) is -4.45. The summed E-state index contributed by atoms with van der Waals surface area (Å²) < 4.78 is 63.4. The Kier molecular flexibility index (Phi) is 4.19. The standard InChI is InChI=1S/C15H14F3NO2S/c1-11-3-9-14(10-4-11)22(20,21)19(2)13-7-5-12(6-8-13)15(16,17)18/h3-10H,1-2H3. The molecule has 0 saturated heterocycles. The van der Waals surface area contributed by atoms with Crippen LogP contribution in [0.3, 0.4) is 0 Å². The SMILES string of the molecule is Cc1ccc(S(=O)(=O)N(C)c2ccc(C(F)(F)F)cc2)cc1. The zero-order valence-electron chi connectivity index (χ0n) is 11.9. The molecule has 3 nitrogen and oxygen atoms in total. The maximum atomic E-state index is 12.5. The number of rotatable bonds is 3. The Morgan fingerprint density at radius 1 is 0.909 bits per heavy atom. The van der Waals surface area contributed by atoms with Gasteiger partial charge in [-0.2, -0.15) is 13.2 Å². The third-order valence-corrected chi connectivity index (χ3v) is 5.04. The number of benzene rings is 2. The highest BCUT2D eigenvalue weighted by Crippen LogP contribution is 2.31. The summed E-state index contributed by atoms with van der Waals surface area (Å²) in [6.45, 7) is 1.83. The molecule has 0 heterocycles. The average molecular weight is 329 g/mol. The van der Waals surface area contributed by atoms with Gasteiger partial charge >= 0.3 is 6.18 Å². The molecule has 0 fully saturated rings. The third kappa shape index (κ3) is 3.24. The summed E-state index contributed by atoms with van der Waals surface area (Å²) in [7, 11) is -2.50. The van der Waals surface area contributed by atoms with Crippen LogP contribution in [0.5, 0.6) is 0 Å². The van der Waals surface area contributed by atoms with E-state index in [9.17, 15) is 21.6 Å². The lowest BCUT2D eigenvalue weighted by Crippen LogP contribution is -2.26. The molecule has 0 N–H and O–H groups in total. The Balaban J connectivity index is 2.34. The molecule has 118 valence electrons. The van der Waals surface area contributed by atoms with E-state index in [0.717, 1.165) is 34.1 Å². The van der Waals surface area contributed by atoms with Crippen LogP contribution >= 0.6 is 0 Å². The third-order valence-electron chi connectivity index (χ3n) is 3.24. The summed E-state index contributed by atoms with van der Waals surface area (Å²) >= 11 is 0. The quantitative estimate of drug-likeness (QED) is 0.858. The van der Waals surface area contributed by atoms with Gasteiger partial charge in [0, 0.05) is 7.05 Å². The molecule has 2 rings (SSSR count). The molecule has 7 heteroatoms. The molecule has 0 bridgehead atoms.